The molecule has 1 saturated heterocycles. The van der Waals surface area contributed by atoms with Crippen molar-refractivity contribution in [2.24, 2.45) is 5.92 Å². The van der Waals surface area contributed by atoms with Crippen LogP contribution in [0, 0.1) is 5.92 Å². The van der Waals surface area contributed by atoms with Crippen LogP contribution in [0.3, 0.4) is 0 Å². The van der Waals surface area contributed by atoms with Gasteiger partial charge in [0, 0.05) is 31.2 Å². The molecule has 0 saturated carbocycles. The summed E-state index contributed by atoms with van der Waals surface area (Å²) in [7, 11) is 0. The third-order valence-electron chi connectivity index (χ3n) is 2.51. The predicted molar refractivity (Wildman–Crippen MR) is 55.7 cm³/mol. The lowest BCUT2D eigenvalue weighted by atomic mass is 10.1. The van der Waals surface area contributed by atoms with E-state index in [1.165, 1.54) is 0 Å². The molecular weight excluding hydrogens is 178 g/mol. The zero-order chi connectivity index (χ0) is 10.6. The quantitative estimate of drug-likeness (QED) is 0.629. The number of hydrogen-bond acceptors (Lipinski definition) is 2. The Morgan fingerprint density at radius 1 is 1.57 bits per heavy atom. The van der Waals surface area contributed by atoms with Gasteiger partial charge in [0.2, 0.25) is 5.91 Å². The molecule has 0 spiro atoms. The number of ether oxygens (including phenoxy) is 1. The third kappa shape index (κ3) is 2.58. The topological polar surface area (TPSA) is 29.5 Å². The third-order valence-corrected chi connectivity index (χ3v) is 2.51. The van der Waals surface area contributed by atoms with Gasteiger partial charge in [-0.3, -0.25) is 4.79 Å². The van der Waals surface area contributed by atoms with E-state index < -0.39 is 0 Å². The number of nitrogens with zero attached hydrogens (tertiary/aromatic N) is 1. The van der Waals surface area contributed by atoms with Crippen molar-refractivity contribution in [1.29, 1.82) is 0 Å². The lowest BCUT2D eigenvalue weighted by molar-refractivity contribution is -0.127. The summed E-state index contributed by atoms with van der Waals surface area (Å²) < 4.78 is 5.34. The van der Waals surface area contributed by atoms with E-state index in [9.17, 15) is 4.79 Å². The van der Waals surface area contributed by atoms with Crippen molar-refractivity contribution in [2.75, 3.05) is 19.8 Å². The molecule has 0 N–H and O–H groups in total. The van der Waals surface area contributed by atoms with Crippen molar-refractivity contribution in [2.45, 2.75) is 26.7 Å². The minimum Gasteiger partial charge on any atom is -0.380 e. The normalized spacial score (nSPS) is 22.1. The fourth-order valence-electron chi connectivity index (χ4n) is 1.59. The van der Waals surface area contributed by atoms with Crippen molar-refractivity contribution >= 4 is 5.91 Å². The van der Waals surface area contributed by atoms with Gasteiger partial charge in [-0.1, -0.05) is 20.4 Å². The van der Waals surface area contributed by atoms with E-state index >= 15 is 0 Å². The molecule has 1 rings (SSSR count). The SMILES string of the molecule is C=C1C(C)CC(=O)N1CCOCCC. The summed E-state index contributed by atoms with van der Waals surface area (Å²) in [6, 6.07) is 0. The number of allylic oxidation sites excluding steroid dienone is 1. The average molecular weight is 197 g/mol. The van der Waals surface area contributed by atoms with Gasteiger partial charge in [0.05, 0.1) is 6.61 Å². The smallest absolute Gasteiger partial charge is 0.227 e. The molecule has 1 aliphatic rings. The van der Waals surface area contributed by atoms with Crippen LogP contribution in [0.25, 0.3) is 0 Å². The number of amides is 1. The molecule has 0 aromatic rings. The Morgan fingerprint density at radius 3 is 2.79 bits per heavy atom. The first-order valence-electron chi connectivity index (χ1n) is 5.23. The second kappa shape index (κ2) is 5.15. The molecule has 1 fully saturated rings. The summed E-state index contributed by atoms with van der Waals surface area (Å²) in [5.74, 6) is 0.483. The molecular formula is C11H19NO2. The standard InChI is InChI=1S/C11H19NO2/c1-4-6-14-7-5-12-10(3)9(2)8-11(12)13/h9H,3-8H2,1-2H3. The lowest BCUT2D eigenvalue weighted by Gasteiger charge is -2.18. The van der Waals surface area contributed by atoms with Gasteiger partial charge in [0.15, 0.2) is 0 Å². The van der Waals surface area contributed by atoms with Crippen LogP contribution in [0.2, 0.25) is 0 Å². The first kappa shape index (κ1) is 11.2. The lowest BCUT2D eigenvalue weighted by Crippen LogP contribution is -2.27. The van der Waals surface area contributed by atoms with Gasteiger partial charge in [0.1, 0.15) is 0 Å². The Hall–Kier alpha value is -0.830. The highest BCUT2D eigenvalue weighted by atomic mass is 16.5. The maximum absolute atomic E-state index is 11.5. The van der Waals surface area contributed by atoms with Crippen molar-refractivity contribution in [3.05, 3.63) is 12.3 Å². The Bertz CT molecular complexity index is 225. The maximum Gasteiger partial charge on any atom is 0.227 e. The zero-order valence-electron chi connectivity index (χ0n) is 9.08. The van der Waals surface area contributed by atoms with Crippen LogP contribution in [0.5, 0.6) is 0 Å². The maximum atomic E-state index is 11.5. The number of hydrogen-bond donors (Lipinski definition) is 0. The summed E-state index contributed by atoms with van der Waals surface area (Å²) in [6.07, 6.45) is 1.62. The minimum atomic E-state index is 0.183. The molecule has 1 unspecified atom stereocenters. The van der Waals surface area contributed by atoms with Gasteiger partial charge >= 0.3 is 0 Å². The van der Waals surface area contributed by atoms with Crippen LogP contribution in [-0.4, -0.2) is 30.6 Å². The summed E-state index contributed by atoms with van der Waals surface area (Å²) >= 11 is 0. The van der Waals surface area contributed by atoms with Gasteiger partial charge in [0.25, 0.3) is 0 Å². The van der Waals surface area contributed by atoms with Gasteiger partial charge in [-0.05, 0) is 6.42 Å². The molecule has 3 heteroatoms. The van der Waals surface area contributed by atoms with Crippen LogP contribution in [0.15, 0.2) is 12.3 Å². The largest absolute Gasteiger partial charge is 0.380 e. The predicted octanol–water partition coefficient (Wildman–Crippen LogP) is 1.80. The highest BCUT2D eigenvalue weighted by Crippen LogP contribution is 2.26. The molecule has 1 aliphatic heterocycles. The molecule has 1 heterocycles. The monoisotopic (exact) mass is 197 g/mol. The van der Waals surface area contributed by atoms with Crippen LogP contribution >= 0.6 is 0 Å². The van der Waals surface area contributed by atoms with E-state index in [1.807, 2.05) is 6.92 Å². The summed E-state index contributed by atoms with van der Waals surface area (Å²) in [5, 5.41) is 0. The van der Waals surface area contributed by atoms with E-state index in [0.717, 1.165) is 18.7 Å². The molecule has 0 bridgehead atoms. The Balaban J connectivity index is 2.30. The molecule has 0 aliphatic carbocycles. The van der Waals surface area contributed by atoms with Crippen LogP contribution in [-0.2, 0) is 9.53 Å². The molecule has 0 aromatic carbocycles. The van der Waals surface area contributed by atoms with Crippen molar-refractivity contribution in [3.63, 3.8) is 0 Å². The Morgan fingerprint density at radius 2 is 2.29 bits per heavy atom. The fourth-order valence-corrected chi connectivity index (χ4v) is 1.59. The molecule has 3 nitrogen and oxygen atoms in total. The van der Waals surface area contributed by atoms with Crippen LogP contribution in [0.1, 0.15) is 26.7 Å². The summed E-state index contributed by atoms with van der Waals surface area (Å²) in [5.41, 5.74) is 0.940. The number of carbonyl (C=O) groups excluding carboxylic acids is 1. The number of rotatable bonds is 5. The van der Waals surface area contributed by atoms with E-state index in [1.54, 1.807) is 4.90 Å². The second-order valence-electron chi connectivity index (χ2n) is 3.75. The van der Waals surface area contributed by atoms with E-state index in [-0.39, 0.29) is 5.91 Å². The van der Waals surface area contributed by atoms with E-state index in [2.05, 4.69) is 13.5 Å². The molecule has 80 valence electrons. The van der Waals surface area contributed by atoms with Crippen LogP contribution in [0.4, 0.5) is 0 Å². The van der Waals surface area contributed by atoms with E-state index in [0.29, 0.717) is 25.5 Å². The molecule has 14 heavy (non-hydrogen) atoms. The highest BCUT2D eigenvalue weighted by molar-refractivity contribution is 5.81. The highest BCUT2D eigenvalue weighted by Gasteiger charge is 2.29. The van der Waals surface area contributed by atoms with Gasteiger partial charge < -0.3 is 9.64 Å². The summed E-state index contributed by atoms with van der Waals surface area (Å²) in [4.78, 5) is 13.2. The molecule has 0 aromatic heterocycles. The van der Waals surface area contributed by atoms with Crippen molar-refractivity contribution in [3.8, 4) is 0 Å². The first-order valence-corrected chi connectivity index (χ1v) is 5.23. The zero-order valence-corrected chi connectivity index (χ0v) is 9.08. The number of likely N-dealkylation sites (tertiary alicyclic amines) is 1. The molecule has 1 amide bonds. The Labute approximate surface area is 85.7 Å². The Kier molecular flexibility index (Phi) is 4.14. The van der Waals surface area contributed by atoms with Crippen molar-refractivity contribution in [1.82, 2.24) is 4.90 Å². The van der Waals surface area contributed by atoms with Gasteiger partial charge in [-0.15, -0.1) is 0 Å². The minimum absolute atomic E-state index is 0.183. The fraction of sp³-hybridized carbons (Fsp3) is 0.727. The molecule has 0 radical (unpaired) electrons. The van der Waals surface area contributed by atoms with Gasteiger partial charge in [-0.25, -0.2) is 0 Å². The van der Waals surface area contributed by atoms with E-state index in [4.69, 9.17) is 4.74 Å². The average Bonchev–Trinajstić information content (AvgIpc) is 2.38. The van der Waals surface area contributed by atoms with Crippen molar-refractivity contribution < 1.29 is 9.53 Å². The van der Waals surface area contributed by atoms with Crippen LogP contribution < -0.4 is 0 Å². The second-order valence-corrected chi connectivity index (χ2v) is 3.75. The molecule has 1 atom stereocenters. The number of carbonyl (C=O) groups is 1. The summed E-state index contributed by atoms with van der Waals surface area (Å²) in [6.45, 7) is 10.1. The first-order chi connectivity index (χ1) is 6.66. The van der Waals surface area contributed by atoms with Gasteiger partial charge in [-0.2, -0.15) is 0 Å².